The molecule has 0 amide bonds. The van der Waals surface area contributed by atoms with Crippen LogP contribution in [0.2, 0.25) is 0 Å². The monoisotopic (exact) mass is 409 g/mol. The van der Waals surface area contributed by atoms with Crippen LogP contribution in [-0.4, -0.2) is 18.1 Å². The van der Waals surface area contributed by atoms with Crippen molar-refractivity contribution in [3.05, 3.63) is 0 Å². The first kappa shape index (κ1) is 22.3. The molecule has 4 fully saturated rings. The standard InChI is InChI=1S/C24H39NO2.ClH/c1-23-11-9-16(6-4-3-5-13-25)14-20(23)21(26)15-17-18-7-8-22(27)24(18,2)12-10-19(17)23;/h16-20H,3-15,25H2,1-2H3;1H/t16-,17+,18+,19+,20?,23-,24+;/m1./s1. The van der Waals surface area contributed by atoms with Crippen molar-refractivity contribution in [1.82, 2.24) is 0 Å². The molecule has 4 aliphatic rings. The normalized spacial score (nSPS) is 45.0. The van der Waals surface area contributed by atoms with Crippen LogP contribution in [0.1, 0.15) is 90.9 Å². The highest BCUT2D eigenvalue weighted by Gasteiger charge is 2.62. The Balaban J connectivity index is 0.00000225. The number of fused-ring (bicyclic) bond motifs is 5. The summed E-state index contributed by atoms with van der Waals surface area (Å²) in [4.78, 5) is 25.8. The third kappa shape index (κ3) is 3.49. The molecular formula is C24H40ClNO2. The largest absolute Gasteiger partial charge is 0.330 e. The maximum absolute atomic E-state index is 13.3. The molecule has 0 radical (unpaired) electrons. The van der Waals surface area contributed by atoms with Crippen LogP contribution in [0, 0.1) is 40.4 Å². The number of rotatable bonds is 5. The molecule has 0 spiro atoms. The van der Waals surface area contributed by atoms with Crippen molar-refractivity contribution in [1.29, 1.82) is 0 Å². The zero-order chi connectivity index (χ0) is 19.2. The number of Topliss-reactive ketones (excluding diaryl/α,β-unsaturated/α-hetero) is 2. The van der Waals surface area contributed by atoms with Crippen molar-refractivity contribution >= 4 is 24.0 Å². The van der Waals surface area contributed by atoms with Gasteiger partial charge in [-0.15, -0.1) is 12.4 Å². The Morgan fingerprint density at radius 3 is 2.54 bits per heavy atom. The van der Waals surface area contributed by atoms with E-state index in [9.17, 15) is 9.59 Å². The van der Waals surface area contributed by atoms with Crippen LogP contribution < -0.4 is 5.73 Å². The van der Waals surface area contributed by atoms with Crippen molar-refractivity contribution in [3.8, 4) is 0 Å². The van der Waals surface area contributed by atoms with Crippen molar-refractivity contribution in [3.63, 3.8) is 0 Å². The van der Waals surface area contributed by atoms with Gasteiger partial charge in [-0.2, -0.15) is 0 Å². The fourth-order valence-electron chi connectivity index (χ4n) is 7.91. The molecule has 0 saturated heterocycles. The molecule has 160 valence electrons. The first-order valence-corrected chi connectivity index (χ1v) is 11.7. The minimum Gasteiger partial charge on any atom is -0.330 e. The Morgan fingerprint density at radius 2 is 1.79 bits per heavy atom. The van der Waals surface area contributed by atoms with Gasteiger partial charge in [0.25, 0.3) is 0 Å². The number of hydrogen-bond acceptors (Lipinski definition) is 3. The predicted octanol–water partition coefficient (Wildman–Crippen LogP) is 5.33. The maximum Gasteiger partial charge on any atom is 0.139 e. The molecule has 1 unspecified atom stereocenters. The highest BCUT2D eigenvalue weighted by molar-refractivity contribution is 5.88. The van der Waals surface area contributed by atoms with E-state index in [0.717, 1.165) is 51.0 Å². The van der Waals surface area contributed by atoms with Crippen LogP contribution in [-0.2, 0) is 9.59 Å². The molecule has 0 heterocycles. The van der Waals surface area contributed by atoms with E-state index in [-0.39, 0.29) is 29.2 Å². The topological polar surface area (TPSA) is 60.2 Å². The summed E-state index contributed by atoms with van der Waals surface area (Å²) in [6, 6.07) is 0. The van der Waals surface area contributed by atoms with E-state index in [1.807, 2.05) is 0 Å². The summed E-state index contributed by atoms with van der Waals surface area (Å²) in [5, 5.41) is 0. The van der Waals surface area contributed by atoms with Gasteiger partial charge in [-0.05, 0) is 80.6 Å². The second-order valence-electron chi connectivity index (χ2n) is 10.8. The molecule has 7 atom stereocenters. The SMILES string of the molecule is C[C@]12CC[C@@H](CCCCCN)CC1C(=O)C[C@@H]1[C@@H]2CC[C@]2(C)C(=O)CC[C@@H]12.Cl. The number of hydrogen-bond donors (Lipinski definition) is 1. The van der Waals surface area contributed by atoms with Gasteiger partial charge in [-0.1, -0.05) is 33.1 Å². The van der Waals surface area contributed by atoms with Gasteiger partial charge >= 0.3 is 0 Å². The number of ketones is 2. The molecule has 28 heavy (non-hydrogen) atoms. The van der Waals surface area contributed by atoms with Crippen LogP contribution in [0.5, 0.6) is 0 Å². The molecule has 0 aromatic carbocycles. The molecule has 4 heteroatoms. The van der Waals surface area contributed by atoms with Crippen molar-refractivity contribution in [2.45, 2.75) is 90.9 Å². The van der Waals surface area contributed by atoms with Gasteiger partial charge in [-0.25, -0.2) is 0 Å². The molecule has 4 rings (SSSR count). The predicted molar refractivity (Wildman–Crippen MR) is 115 cm³/mol. The van der Waals surface area contributed by atoms with Gasteiger partial charge in [0.2, 0.25) is 0 Å². The van der Waals surface area contributed by atoms with E-state index in [1.165, 1.54) is 38.5 Å². The summed E-state index contributed by atoms with van der Waals surface area (Å²) < 4.78 is 0. The second-order valence-corrected chi connectivity index (χ2v) is 10.8. The summed E-state index contributed by atoms with van der Waals surface area (Å²) >= 11 is 0. The van der Waals surface area contributed by atoms with Crippen LogP contribution in [0.25, 0.3) is 0 Å². The van der Waals surface area contributed by atoms with Gasteiger partial charge in [0.05, 0.1) is 0 Å². The van der Waals surface area contributed by atoms with Gasteiger partial charge in [-0.3, -0.25) is 9.59 Å². The number of unbranched alkanes of at least 4 members (excludes halogenated alkanes) is 2. The molecule has 3 nitrogen and oxygen atoms in total. The Hall–Kier alpha value is -0.410. The third-order valence-corrected chi connectivity index (χ3v) is 9.59. The van der Waals surface area contributed by atoms with Gasteiger partial charge < -0.3 is 5.73 Å². The average molecular weight is 410 g/mol. The van der Waals surface area contributed by atoms with E-state index in [4.69, 9.17) is 5.73 Å². The number of carbonyl (C=O) groups is 2. The lowest BCUT2D eigenvalue weighted by molar-refractivity contribution is -0.158. The van der Waals surface area contributed by atoms with E-state index in [2.05, 4.69) is 13.8 Å². The minimum atomic E-state index is -0.120. The van der Waals surface area contributed by atoms with E-state index >= 15 is 0 Å². The van der Waals surface area contributed by atoms with Gasteiger partial charge in [0.15, 0.2) is 0 Å². The van der Waals surface area contributed by atoms with Gasteiger partial charge in [0.1, 0.15) is 11.6 Å². The lowest BCUT2D eigenvalue weighted by Gasteiger charge is -2.59. The second kappa shape index (κ2) is 8.38. The Kier molecular flexibility index (Phi) is 6.67. The Morgan fingerprint density at radius 1 is 1.00 bits per heavy atom. The molecule has 2 N–H and O–H groups in total. The molecule has 0 aliphatic heterocycles. The fraction of sp³-hybridized carbons (Fsp3) is 0.917. The van der Waals surface area contributed by atoms with E-state index in [0.29, 0.717) is 29.3 Å². The fourth-order valence-corrected chi connectivity index (χ4v) is 7.91. The third-order valence-electron chi connectivity index (χ3n) is 9.59. The average Bonchev–Trinajstić information content (AvgIpc) is 2.95. The lowest BCUT2D eigenvalue weighted by atomic mass is 9.44. The summed E-state index contributed by atoms with van der Waals surface area (Å²) in [5.74, 6) is 3.66. The summed E-state index contributed by atoms with van der Waals surface area (Å²) in [7, 11) is 0. The zero-order valence-corrected chi connectivity index (χ0v) is 18.7. The molecule has 0 aromatic heterocycles. The van der Waals surface area contributed by atoms with Crippen LogP contribution in [0.4, 0.5) is 0 Å². The quantitative estimate of drug-likeness (QED) is 0.624. The highest BCUT2D eigenvalue weighted by Crippen LogP contribution is 2.65. The first-order chi connectivity index (χ1) is 12.9. The maximum atomic E-state index is 13.3. The number of halogens is 1. The minimum absolute atomic E-state index is 0. The van der Waals surface area contributed by atoms with Crippen LogP contribution in [0.3, 0.4) is 0 Å². The number of nitrogens with two attached hydrogens (primary N) is 1. The summed E-state index contributed by atoms with van der Waals surface area (Å²) in [6.07, 6.45) is 13.4. The highest BCUT2D eigenvalue weighted by atomic mass is 35.5. The van der Waals surface area contributed by atoms with E-state index in [1.54, 1.807) is 0 Å². The van der Waals surface area contributed by atoms with Crippen molar-refractivity contribution in [2.24, 2.45) is 46.2 Å². The number of carbonyl (C=O) groups excluding carboxylic acids is 2. The van der Waals surface area contributed by atoms with Crippen molar-refractivity contribution < 1.29 is 9.59 Å². The van der Waals surface area contributed by atoms with Gasteiger partial charge in [0, 0.05) is 24.2 Å². The molecule has 4 saturated carbocycles. The molecular weight excluding hydrogens is 370 g/mol. The Labute approximate surface area is 177 Å². The molecule has 0 aromatic rings. The molecule has 0 bridgehead atoms. The van der Waals surface area contributed by atoms with Crippen molar-refractivity contribution in [2.75, 3.05) is 6.54 Å². The van der Waals surface area contributed by atoms with Crippen LogP contribution >= 0.6 is 12.4 Å². The lowest BCUT2D eigenvalue weighted by Crippen LogP contribution is -2.56. The van der Waals surface area contributed by atoms with Crippen LogP contribution in [0.15, 0.2) is 0 Å². The zero-order valence-electron chi connectivity index (χ0n) is 17.9. The molecule has 4 aliphatic carbocycles. The summed E-state index contributed by atoms with van der Waals surface area (Å²) in [6.45, 7) is 5.45. The smallest absolute Gasteiger partial charge is 0.139 e. The Bertz CT molecular complexity index is 607. The first-order valence-electron chi connectivity index (χ1n) is 11.7. The van der Waals surface area contributed by atoms with E-state index < -0.39 is 0 Å². The summed E-state index contributed by atoms with van der Waals surface area (Å²) in [5.41, 5.74) is 5.70.